The van der Waals surface area contributed by atoms with Crippen LogP contribution in [0.15, 0.2) is 41.1 Å². The number of benzene rings is 1. The summed E-state index contributed by atoms with van der Waals surface area (Å²) in [5.41, 5.74) is 1.88. The highest BCUT2D eigenvalue weighted by atomic mass is 32.1. The number of methoxy groups -OCH3 is 1. The van der Waals surface area contributed by atoms with Crippen molar-refractivity contribution in [3.8, 4) is 17.0 Å². The summed E-state index contributed by atoms with van der Waals surface area (Å²) in [5.74, 6) is 1.77. The number of carbonyl (C=O) groups excluding carboxylic acids is 1. The maximum Gasteiger partial charge on any atom is 0.230 e. The van der Waals surface area contributed by atoms with E-state index in [1.165, 1.54) is 11.3 Å². The molecular weight excluding hydrogens is 416 g/mol. The van der Waals surface area contributed by atoms with Crippen molar-refractivity contribution in [1.82, 2.24) is 19.8 Å². The number of hydrogen-bond acceptors (Lipinski definition) is 8. The lowest BCUT2D eigenvalue weighted by Gasteiger charge is -2.31. The fourth-order valence-corrected chi connectivity index (χ4v) is 4.65. The molecule has 160 valence electrons. The molecule has 0 spiro atoms. The number of aryl methyl sites for hydroxylation is 1. The fourth-order valence-electron chi connectivity index (χ4n) is 3.74. The monoisotopic (exact) mass is 438 g/mol. The second kappa shape index (κ2) is 8.03. The quantitative estimate of drug-likeness (QED) is 0.508. The molecule has 10 heteroatoms. The minimum Gasteiger partial charge on any atom is -0.497 e. The lowest BCUT2D eigenvalue weighted by Crippen LogP contribution is -2.40. The molecule has 1 atom stereocenters. The van der Waals surface area contributed by atoms with Gasteiger partial charge in [-0.2, -0.15) is 0 Å². The molecule has 3 aromatic heterocycles. The van der Waals surface area contributed by atoms with Gasteiger partial charge in [0.1, 0.15) is 11.5 Å². The Hall–Kier alpha value is -3.40. The normalized spacial score (nSPS) is 16.6. The van der Waals surface area contributed by atoms with Crippen molar-refractivity contribution in [3.63, 3.8) is 0 Å². The molecule has 1 fully saturated rings. The Morgan fingerprint density at radius 2 is 2.16 bits per heavy atom. The van der Waals surface area contributed by atoms with Crippen LogP contribution < -0.4 is 15.0 Å². The smallest absolute Gasteiger partial charge is 0.230 e. The summed E-state index contributed by atoms with van der Waals surface area (Å²) in [4.78, 5) is 20.4. The minimum absolute atomic E-state index is 0.0406. The van der Waals surface area contributed by atoms with Crippen LogP contribution in [-0.4, -0.2) is 45.9 Å². The molecule has 1 N–H and O–H groups in total. The SMILES string of the molecule is COc1ccc(-c2cn3nc(N4CCCC(C(=O)Nc5cc(C)on5)C4)sc3n2)cc1. The third-order valence-corrected chi connectivity index (χ3v) is 6.34. The van der Waals surface area contributed by atoms with E-state index in [0.29, 0.717) is 18.1 Å². The topological polar surface area (TPSA) is 97.8 Å². The lowest BCUT2D eigenvalue weighted by molar-refractivity contribution is -0.120. The van der Waals surface area contributed by atoms with E-state index in [1.807, 2.05) is 30.5 Å². The Bertz CT molecular complexity index is 1180. The highest BCUT2D eigenvalue weighted by Crippen LogP contribution is 2.30. The fraction of sp³-hybridized carbons (Fsp3) is 0.333. The van der Waals surface area contributed by atoms with E-state index < -0.39 is 0 Å². The largest absolute Gasteiger partial charge is 0.497 e. The number of nitrogens with one attached hydrogen (secondary N) is 1. The second-order valence-corrected chi connectivity index (χ2v) is 8.50. The predicted octanol–water partition coefficient (Wildman–Crippen LogP) is 3.62. The molecule has 1 aliphatic heterocycles. The van der Waals surface area contributed by atoms with E-state index in [-0.39, 0.29) is 11.8 Å². The Morgan fingerprint density at radius 3 is 2.87 bits per heavy atom. The van der Waals surface area contributed by atoms with Crippen molar-refractivity contribution in [2.24, 2.45) is 5.92 Å². The number of piperidine rings is 1. The highest BCUT2D eigenvalue weighted by Gasteiger charge is 2.28. The van der Waals surface area contributed by atoms with Crippen molar-refractivity contribution in [2.45, 2.75) is 19.8 Å². The van der Waals surface area contributed by atoms with Gasteiger partial charge in [0, 0.05) is 24.7 Å². The molecular formula is C21H22N6O3S. The van der Waals surface area contributed by atoms with Crippen LogP contribution in [0.3, 0.4) is 0 Å². The van der Waals surface area contributed by atoms with Gasteiger partial charge in [-0.25, -0.2) is 9.50 Å². The summed E-state index contributed by atoms with van der Waals surface area (Å²) < 4.78 is 12.0. The van der Waals surface area contributed by atoms with Gasteiger partial charge in [0.25, 0.3) is 0 Å². The molecule has 31 heavy (non-hydrogen) atoms. The molecule has 9 nitrogen and oxygen atoms in total. The zero-order valence-corrected chi connectivity index (χ0v) is 18.1. The standard InChI is InChI=1S/C21H22N6O3S/c1-13-10-18(25-30-13)23-19(28)15-4-3-9-26(11-15)21-24-27-12-17(22-20(27)31-21)14-5-7-16(29-2)8-6-14/h5-8,10,12,15H,3-4,9,11H2,1-2H3,(H,23,25,28). The number of anilines is 2. The van der Waals surface area contributed by atoms with E-state index in [1.54, 1.807) is 24.6 Å². The summed E-state index contributed by atoms with van der Waals surface area (Å²) >= 11 is 1.53. The van der Waals surface area contributed by atoms with Crippen molar-refractivity contribution in [2.75, 3.05) is 30.4 Å². The van der Waals surface area contributed by atoms with Crippen LogP contribution >= 0.6 is 11.3 Å². The van der Waals surface area contributed by atoms with Crippen LogP contribution in [0.2, 0.25) is 0 Å². The van der Waals surface area contributed by atoms with Gasteiger partial charge in [-0.15, -0.1) is 5.10 Å². The second-order valence-electron chi connectivity index (χ2n) is 7.56. The van der Waals surface area contributed by atoms with E-state index in [9.17, 15) is 4.79 Å². The molecule has 0 saturated carbocycles. The molecule has 0 radical (unpaired) electrons. The Morgan fingerprint density at radius 1 is 1.32 bits per heavy atom. The van der Waals surface area contributed by atoms with Crippen LogP contribution in [0.25, 0.3) is 16.2 Å². The zero-order chi connectivity index (χ0) is 21.4. The predicted molar refractivity (Wildman–Crippen MR) is 118 cm³/mol. The van der Waals surface area contributed by atoms with E-state index in [2.05, 4.69) is 15.4 Å². The summed E-state index contributed by atoms with van der Waals surface area (Å²) in [7, 11) is 1.65. The van der Waals surface area contributed by atoms with Crippen LogP contribution in [0.5, 0.6) is 5.75 Å². The van der Waals surface area contributed by atoms with Gasteiger partial charge >= 0.3 is 0 Å². The van der Waals surface area contributed by atoms with Gasteiger partial charge in [0.2, 0.25) is 16.0 Å². The average Bonchev–Trinajstić information content (AvgIpc) is 3.49. The van der Waals surface area contributed by atoms with Gasteiger partial charge in [-0.3, -0.25) is 4.79 Å². The van der Waals surface area contributed by atoms with Crippen LogP contribution in [-0.2, 0) is 4.79 Å². The van der Waals surface area contributed by atoms with Gasteiger partial charge in [0.15, 0.2) is 5.82 Å². The summed E-state index contributed by atoms with van der Waals surface area (Å²) in [6, 6.07) is 9.52. The van der Waals surface area contributed by atoms with Crippen molar-refractivity contribution < 1.29 is 14.1 Å². The third-order valence-electron chi connectivity index (χ3n) is 5.36. The number of imidazole rings is 1. The number of ether oxygens (including phenoxy) is 1. The molecule has 1 amide bonds. The Kier molecular flexibility index (Phi) is 5.06. The van der Waals surface area contributed by atoms with E-state index in [0.717, 1.165) is 46.5 Å². The molecule has 1 saturated heterocycles. The molecule has 0 bridgehead atoms. The maximum absolute atomic E-state index is 12.7. The highest BCUT2D eigenvalue weighted by molar-refractivity contribution is 7.20. The Labute approximate surface area is 182 Å². The summed E-state index contributed by atoms with van der Waals surface area (Å²) in [5, 5.41) is 12.3. The first-order valence-electron chi connectivity index (χ1n) is 10.1. The molecule has 1 aliphatic rings. The molecule has 4 aromatic rings. The van der Waals surface area contributed by atoms with Crippen molar-refractivity contribution in [3.05, 3.63) is 42.3 Å². The summed E-state index contributed by atoms with van der Waals surface area (Å²) in [6.07, 6.45) is 3.69. The molecule has 1 unspecified atom stereocenters. The number of rotatable bonds is 5. The summed E-state index contributed by atoms with van der Waals surface area (Å²) in [6.45, 7) is 3.28. The molecule has 1 aromatic carbocycles. The van der Waals surface area contributed by atoms with Crippen molar-refractivity contribution in [1.29, 1.82) is 0 Å². The number of aromatic nitrogens is 4. The first kappa shape index (κ1) is 19.6. The number of amides is 1. The Balaban J connectivity index is 1.29. The number of carbonyl (C=O) groups is 1. The first-order chi connectivity index (χ1) is 15.1. The van der Waals surface area contributed by atoms with Crippen LogP contribution in [0.1, 0.15) is 18.6 Å². The number of nitrogens with zero attached hydrogens (tertiary/aromatic N) is 5. The van der Waals surface area contributed by atoms with E-state index >= 15 is 0 Å². The van der Waals surface area contributed by atoms with Crippen LogP contribution in [0, 0.1) is 12.8 Å². The molecule has 4 heterocycles. The van der Waals surface area contributed by atoms with Gasteiger partial charge in [0.05, 0.1) is 24.9 Å². The van der Waals surface area contributed by atoms with Gasteiger partial charge < -0.3 is 19.5 Å². The van der Waals surface area contributed by atoms with Gasteiger partial charge in [-0.05, 0) is 44.0 Å². The first-order valence-corrected chi connectivity index (χ1v) is 10.9. The number of fused-ring (bicyclic) bond motifs is 1. The minimum atomic E-state index is -0.128. The van der Waals surface area contributed by atoms with E-state index in [4.69, 9.17) is 19.3 Å². The lowest BCUT2D eigenvalue weighted by atomic mass is 9.97. The molecule has 0 aliphatic carbocycles. The van der Waals surface area contributed by atoms with Crippen LogP contribution in [0.4, 0.5) is 10.9 Å². The maximum atomic E-state index is 12.7. The molecule has 5 rings (SSSR count). The van der Waals surface area contributed by atoms with Gasteiger partial charge in [-0.1, -0.05) is 16.5 Å². The third kappa shape index (κ3) is 3.98. The zero-order valence-electron chi connectivity index (χ0n) is 17.2. The average molecular weight is 439 g/mol. The number of hydrogen-bond donors (Lipinski definition) is 1. The van der Waals surface area contributed by atoms with Crippen molar-refractivity contribution >= 4 is 33.2 Å².